The molecule has 2 rings (SSSR count). The minimum absolute atomic E-state index is 0.0956. The summed E-state index contributed by atoms with van der Waals surface area (Å²) in [4.78, 5) is 25.4. The van der Waals surface area contributed by atoms with E-state index >= 15 is 0 Å². The monoisotopic (exact) mass is 423 g/mol. The van der Waals surface area contributed by atoms with Crippen molar-refractivity contribution in [1.82, 2.24) is 4.98 Å². The fourth-order valence-corrected chi connectivity index (χ4v) is 2.08. The summed E-state index contributed by atoms with van der Waals surface area (Å²) in [6, 6.07) is 2.86. The number of anilines is 1. The molecule has 0 unspecified atom stereocenters. The maximum absolute atomic E-state index is 12.8. The van der Waals surface area contributed by atoms with Crippen LogP contribution in [0.15, 0.2) is 36.5 Å². The Morgan fingerprint density at radius 1 is 1.07 bits per heavy atom. The number of aromatic nitrogens is 1. The van der Waals surface area contributed by atoms with Crippen molar-refractivity contribution in [3.63, 3.8) is 0 Å². The molecule has 1 N–H and O–H groups in total. The van der Waals surface area contributed by atoms with Crippen molar-refractivity contribution in [1.29, 1.82) is 0 Å². The molecular weight excluding hydrogens is 412 g/mol. The fraction of sp³-hybridized carbons (Fsp3) is 0.250. The highest BCUT2D eigenvalue weighted by Gasteiger charge is 2.37. The summed E-state index contributed by atoms with van der Waals surface area (Å²) < 4.78 is 81.4. The Bertz CT molecular complexity index is 865. The number of nitro groups is 1. The standard InChI is InChI=1S/C16H11F6N3O4/c17-15(18,19)10-5-9(6-11(7-10)16(20,21)22)14(26)29-4-3-23-13-2-1-12(8-24-13)25(27)28/h1-2,5-8H,3-4H2,(H,23,24). The van der Waals surface area contributed by atoms with Gasteiger partial charge >= 0.3 is 18.3 Å². The number of benzene rings is 1. The molecule has 1 heterocycles. The zero-order chi connectivity index (χ0) is 21.8. The molecule has 0 atom stereocenters. The van der Waals surface area contributed by atoms with Crippen molar-refractivity contribution in [2.75, 3.05) is 18.5 Å². The summed E-state index contributed by atoms with van der Waals surface area (Å²) in [5, 5.41) is 13.1. The van der Waals surface area contributed by atoms with E-state index in [1.54, 1.807) is 0 Å². The van der Waals surface area contributed by atoms with Crippen LogP contribution < -0.4 is 5.32 Å². The first-order valence-corrected chi connectivity index (χ1v) is 7.69. The number of rotatable bonds is 6. The third-order valence-corrected chi connectivity index (χ3v) is 3.42. The van der Waals surface area contributed by atoms with Crippen LogP contribution in [0.3, 0.4) is 0 Å². The molecule has 1 aromatic heterocycles. The van der Waals surface area contributed by atoms with Crippen molar-refractivity contribution < 1.29 is 40.8 Å². The molecule has 0 bridgehead atoms. The molecule has 13 heteroatoms. The van der Waals surface area contributed by atoms with E-state index in [9.17, 15) is 41.3 Å². The van der Waals surface area contributed by atoms with Gasteiger partial charge in [-0.15, -0.1) is 0 Å². The number of carbonyl (C=O) groups excluding carboxylic acids is 1. The Morgan fingerprint density at radius 2 is 1.66 bits per heavy atom. The molecule has 7 nitrogen and oxygen atoms in total. The van der Waals surface area contributed by atoms with E-state index in [2.05, 4.69) is 15.0 Å². The third kappa shape index (κ3) is 6.05. The number of nitrogens with one attached hydrogen (secondary N) is 1. The summed E-state index contributed by atoms with van der Waals surface area (Å²) in [6.07, 6.45) is -9.20. The predicted octanol–water partition coefficient (Wildman–Crippen LogP) is 4.30. The molecule has 0 spiro atoms. The number of halogens is 6. The second-order valence-electron chi connectivity index (χ2n) is 5.52. The number of nitrogens with zero attached hydrogens (tertiary/aromatic N) is 2. The zero-order valence-corrected chi connectivity index (χ0v) is 14.2. The molecule has 1 aromatic carbocycles. The number of carbonyl (C=O) groups is 1. The van der Waals surface area contributed by atoms with Gasteiger partial charge in [0.05, 0.1) is 28.2 Å². The van der Waals surface area contributed by atoms with E-state index in [1.165, 1.54) is 6.07 Å². The van der Waals surface area contributed by atoms with E-state index in [0.717, 1.165) is 12.3 Å². The van der Waals surface area contributed by atoms with Crippen LogP contribution in [-0.2, 0) is 17.1 Å². The second kappa shape index (κ2) is 8.32. The van der Waals surface area contributed by atoms with E-state index in [-0.39, 0.29) is 36.2 Å². The van der Waals surface area contributed by atoms with Gasteiger partial charge in [0.15, 0.2) is 0 Å². The Balaban J connectivity index is 2.02. The molecule has 0 aliphatic heterocycles. The second-order valence-corrected chi connectivity index (χ2v) is 5.52. The van der Waals surface area contributed by atoms with Gasteiger partial charge in [-0.1, -0.05) is 0 Å². The molecule has 0 amide bonds. The van der Waals surface area contributed by atoms with Gasteiger partial charge in [0, 0.05) is 6.07 Å². The average Bonchev–Trinajstić information content (AvgIpc) is 2.63. The van der Waals surface area contributed by atoms with Gasteiger partial charge in [-0.3, -0.25) is 10.1 Å². The van der Waals surface area contributed by atoms with Crippen LogP contribution in [0.5, 0.6) is 0 Å². The van der Waals surface area contributed by atoms with Gasteiger partial charge in [-0.2, -0.15) is 26.3 Å². The molecule has 2 aromatic rings. The quantitative estimate of drug-likeness (QED) is 0.245. The average molecular weight is 423 g/mol. The van der Waals surface area contributed by atoms with Gasteiger partial charge in [0.1, 0.15) is 18.6 Å². The zero-order valence-electron chi connectivity index (χ0n) is 14.2. The normalized spacial score (nSPS) is 11.8. The smallest absolute Gasteiger partial charge is 0.416 e. The highest BCUT2D eigenvalue weighted by atomic mass is 19.4. The molecule has 29 heavy (non-hydrogen) atoms. The summed E-state index contributed by atoms with van der Waals surface area (Å²) in [7, 11) is 0. The number of hydrogen-bond donors (Lipinski definition) is 1. The van der Waals surface area contributed by atoms with Crippen LogP contribution in [0.1, 0.15) is 21.5 Å². The van der Waals surface area contributed by atoms with Crippen LogP contribution in [-0.4, -0.2) is 29.0 Å². The Morgan fingerprint density at radius 3 is 2.10 bits per heavy atom. The van der Waals surface area contributed by atoms with Crippen molar-refractivity contribution in [2.45, 2.75) is 12.4 Å². The molecule has 0 saturated carbocycles. The van der Waals surface area contributed by atoms with Gasteiger partial charge in [0.25, 0.3) is 5.69 Å². The Kier molecular flexibility index (Phi) is 6.29. The van der Waals surface area contributed by atoms with Crippen LogP contribution >= 0.6 is 0 Å². The fourth-order valence-electron chi connectivity index (χ4n) is 2.08. The van der Waals surface area contributed by atoms with Crippen molar-refractivity contribution >= 4 is 17.5 Å². The first-order valence-electron chi connectivity index (χ1n) is 7.69. The van der Waals surface area contributed by atoms with Crippen LogP contribution in [0, 0.1) is 10.1 Å². The molecule has 0 saturated heterocycles. The lowest BCUT2D eigenvalue weighted by Crippen LogP contribution is -2.17. The number of alkyl halides is 6. The molecule has 0 radical (unpaired) electrons. The van der Waals surface area contributed by atoms with Gasteiger partial charge in [0.2, 0.25) is 0 Å². The van der Waals surface area contributed by atoms with Gasteiger partial charge < -0.3 is 10.1 Å². The largest absolute Gasteiger partial charge is 0.460 e. The van der Waals surface area contributed by atoms with Gasteiger partial charge in [-0.05, 0) is 24.3 Å². The summed E-state index contributed by atoms with van der Waals surface area (Å²) >= 11 is 0. The summed E-state index contributed by atoms with van der Waals surface area (Å²) in [6.45, 7) is -0.503. The summed E-state index contributed by atoms with van der Waals surface area (Å²) in [5.41, 5.74) is -4.42. The van der Waals surface area contributed by atoms with Crippen molar-refractivity contribution in [3.8, 4) is 0 Å². The highest BCUT2D eigenvalue weighted by Crippen LogP contribution is 2.36. The lowest BCUT2D eigenvalue weighted by Gasteiger charge is -2.14. The first kappa shape index (κ1) is 21.9. The number of pyridine rings is 1. The van der Waals surface area contributed by atoms with Crippen molar-refractivity contribution in [3.05, 3.63) is 63.3 Å². The van der Waals surface area contributed by atoms with E-state index < -0.39 is 46.5 Å². The van der Waals surface area contributed by atoms with E-state index in [4.69, 9.17) is 0 Å². The third-order valence-electron chi connectivity index (χ3n) is 3.42. The minimum Gasteiger partial charge on any atom is -0.460 e. The maximum atomic E-state index is 12.8. The molecule has 0 fully saturated rings. The number of esters is 1. The SMILES string of the molecule is O=C(OCCNc1ccc([N+](=O)[O-])cn1)c1cc(C(F)(F)F)cc(C(F)(F)F)c1. The molecule has 0 aliphatic rings. The maximum Gasteiger partial charge on any atom is 0.416 e. The first-order chi connectivity index (χ1) is 13.4. The number of hydrogen-bond acceptors (Lipinski definition) is 6. The lowest BCUT2D eigenvalue weighted by atomic mass is 10.0. The van der Waals surface area contributed by atoms with Gasteiger partial charge in [-0.25, -0.2) is 9.78 Å². The van der Waals surface area contributed by atoms with Crippen LogP contribution in [0.2, 0.25) is 0 Å². The van der Waals surface area contributed by atoms with E-state index in [0.29, 0.717) is 0 Å². The van der Waals surface area contributed by atoms with Crippen molar-refractivity contribution in [2.24, 2.45) is 0 Å². The molecule has 156 valence electrons. The number of ether oxygens (including phenoxy) is 1. The molecule has 0 aliphatic carbocycles. The Labute approximate surface area is 158 Å². The predicted molar refractivity (Wildman–Crippen MR) is 86.1 cm³/mol. The lowest BCUT2D eigenvalue weighted by molar-refractivity contribution is -0.385. The van der Waals surface area contributed by atoms with E-state index in [1.807, 2.05) is 0 Å². The van der Waals surface area contributed by atoms with Crippen LogP contribution in [0.4, 0.5) is 37.8 Å². The van der Waals surface area contributed by atoms with Crippen LogP contribution in [0.25, 0.3) is 0 Å². The summed E-state index contributed by atoms with van der Waals surface area (Å²) in [5.74, 6) is -1.19. The Hall–Kier alpha value is -3.38. The topological polar surface area (TPSA) is 94.4 Å². The minimum atomic E-state index is -5.08. The highest BCUT2D eigenvalue weighted by molar-refractivity contribution is 5.90. The molecular formula is C16H11F6N3O4.